The standard InChI is InChI=1S/C13H17FN4OS/c1-16(7-10-5-3-4-6-11(10)14)9-18-13(20)17(2)12(8-19)15-18/h3-6,19H,7-9H2,1-2H3. The van der Waals surface area contributed by atoms with Crippen LogP contribution < -0.4 is 0 Å². The number of benzene rings is 1. The number of aliphatic hydroxyl groups is 1. The van der Waals surface area contributed by atoms with E-state index >= 15 is 0 Å². The van der Waals surface area contributed by atoms with Crippen LogP contribution in [0.15, 0.2) is 24.3 Å². The molecule has 0 bridgehead atoms. The second-order valence-electron chi connectivity index (χ2n) is 4.66. The molecule has 0 aliphatic rings. The highest BCUT2D eigenvalue weighted by Gasteiger charge is 2.10. The maximum absolute atomic E-state index is 13.6. The van der Waals surface area contributed by atoms with E-state index < -0.39 is 0 Å². The maximum atomic E-state index is 13.6. The summed E-state index contributed by atoms with van der Waals surface area (Å²) >= 11 is 5.24. The van der Waals surface area contributed by atoms with E-state index in [1.54, 1.807) is 28.4 Å². The van der Waals surface area contributed by atoms with Gasteiger partial charge in [0.25, 0.3) is 0 Å². The first-order chi connectivity index (χ1) is 9.52. The van der Waals surface area contributed by atoms with Gasteiger partial charge in [0.05, 0.1) is 6.67 Å². The summed E-state index contributed by atoms with van der Waals surface area (Å²) in [5.41, 5.74) is 0.625. The van der Waals surface area contributed by atoms with Gasteiger partial charge >= 0.3 is 0 Å². The SMILES string of the molecule is CN(Cc1ccccc1F)Cn1nc(CO)n(C)c1=S. The fourth-order valence-corrected chi connectivity index (χ4v) is 2.16. The van der Waals surface area contributed by atoms with Gasteiger partial charge < -0.3 is 9.67 Å². The molecule has 0 saturated heterocycles. The normalized spacial score (nSPS) is 11.2. The summed E-state index contributed by atoms with van der Waals surface area (Å²) in [6.07, 6.45) is 0. The largest absolute Gasteiger partial charge is 0.388 e. The minimum Gasteiger partial charge on any atom is -0.388 e. The lowest BCUT2D eigenvalue weighted by atomic mass is 10.2. The van der Waals surface area contributed by atoms with Crippen LogP contribution in [-0.2, 0) is 26.9 Å². The van der Waals surface area contributed by atoms with E-state index in [9.17, 15) is 4.39 Å². The molecule has 2 aromatic rings. The highest BCUT2D eigenvalue weighted by molar-refractivity contribution is 7.71. The smallest absolute Gasteiger partial charge is 0.198 e. The van der Waals surface area contributed by atoms with Gasteiger partial charge in [-0.3, -0.25) is 4.90 Å². The highest BCUT2D eigenvalue weighted by Crippen LogP contribution is 2.09. The molecule has 0 radical (unpaired) electrons. The Morgan fingerprint density at radius 1 is 1.40 bits per heavy atom. The Balaban J connectivity index is 2.11. The monoisotopic (exact) mass is 296 g/mol. The molecule has 7 heteroatoms. The van der Waals surface area contributed by atoms with Gasteiger partial charge in [0.2, 0.25) is 0 Å². The van der Waals surface area contributed by atoms with Crippen molar-refractivity contribution in [3.63, 3.8) is 0 Å². The minimum absolute atomic E-state index is 0.163. The fraction of sp³-hybridized carbons (Fsp3) is 0.385. The molecule has 0 fully saturated rings. The maximum Gasteiger partial charge on any atom is 0.198 e. The van der Waals surface area contributed by atoms with E-state index in [-0.39, 0.29) is 12.4 Å². The number of rotatable bonds is 5. The van der Waals surface area contributed by atoms with Crippen LogP contribution >= 0.6 is 12.2 Å². The molecule has 0 atom stereocenters. The number of hydrogen-bond acceptors (Lipinski definition) is 4. The van der Waals surface area contributed by atoms with Crippen molar-refractivity contribution in [1.29, 1.82) is 0 Å². The van der Waals surface area contributed by atoms with E-state index in [2.05, 4.69) is 5.10 Å². The van der Waals surface area contributed by atoms with Crippen LogP contribution in [0.4, 0.5) is 4.39 Å². The summed E-state index contributed by atoms with van der Waals surface area (Å²) in [5.74, 6) is 0.286. The topological polar surface area (TPSA) is 46.2 Å². The molecule has 0 aliphatic heterocycles. The molecule has 1 aromatic carbocycles. The highest BCUT2D eigenvalue weighted by atomic mass is 32.1. The zero-order valence-corrected chi connectivity index (χ0v) is 12.3. The molecule has 1 N–H and O–H groups in total. The quantitative estimate of drug-likeness (QED) is 0.853. The Morgan fingerprint density at radius 2 is 2.10 bits per heavy atom. The van der Waals surface area contributed by atoms with Gasteiger partial charge in [-0.1, -0.05) is 18.2 Å². The molecule has 0 saturated carbocycles. The third-order valence-corrected chi connectivity index (χ3v) is 3.53. The van der Waals surface area contributed by atoms with Crippen molar-refractivity contribution >= 4 is 12.2 Å². The van der Waals surface area contributed by atoms with Crippen LogP contribution in [0.2, 0.25) is 0 Å². The second kappa shape index (κ2) is 6.25. The summed E-state index contributed by atoms with van der Waals surface area (Å²) in [6.45, 7) is 0.727. The molecular weight excluding hydrogens is 279 g/mol. The number of halogens is 1. The van der Waals surface area contributed by atoms with Crippen molar-refractivity contribution < 1.29 is 9.50 Å². The Hall–Kier alpha value is -1.57. The van der Waals surface area contributed by atoms with Crippen LogP contribution in [0.1, 0.15) is 11.4 Å². The van der Waals surface area contributed by atoms with Crippen LogP contribution in [0.3, 0.4) is 0 Å². The van der Waals surface area contributed by atoms with Crippen LogP contribution in [-0.4, -0.2) is 31.4 Å². The van der Waals surface area contributed by atoms with Crippen LogP contribution in [0, 0.1) is 10.6 Å². The average molecular weight is 296 g/mol. The van der Waals surface area contributed by atoms with E-state index in [1.807, 2.05) is 18.0 Å². The van der Waals surface area contributed by atoms with Gasteiger partial charge in [-0.05, 0) is 25.3 Å². The lowest BCUT2D eigenvalue weighted by molar-refractivity contribution is 0.235. The minimum atomic E-state index is -0.222. The molecule has 2 rings (SSSR count). The summed E-state index contributed by atoms with van der Waals surface area (Å²) in [5, 5.41) is 13.4. The van der Waals surface area contributed by atoms with Gasteiger partial charge in [-0.25, -0.2) is 9.07 Å². The van der Waals surface area contributed by atoms with Gasteiger partial charge in [0.15, 0.2) is 10.6 Å². The first kappa shape index (κ1) is 14.8. The van der Waals surface area contributed by atoms with Crippen molar-refractivity contribution in [2.75, 3.05) is 7.05 Å². The van der Waals surface area contributed by atoms with E-state index in [4.69, 9.17) is 17.3 Å². The van der Waals surface area contributed by atoms with E-state index in [0.29, 0.717) is 29.4 Å². The number of nitrogens with zero attached hydrogens (tertiary/aromatic N) is 4. The van der Waals surface area contributed by atoms with E-state index in [1.165, 1.54) is 6.07 Å². The summed E-state index contributed by atoms with van der Waals surface area (Å²) in [6, 6.07) is 6.67. The predicted molar refractivity (Wildman–Crippen MR) is 75.8 cm³/mol. The molecular formula is C13H17FN4OS. The van der Waals surface area contributed by atoms with Crippen molar-refractivity contribution in [2.24, 2.45) is 7.05 Å². The zero-order valence-electron chi connectivity index (χ0n) is 11.5. The summed E-state index contributed by atoms with van der Waals surface area (Å²) in [7, 11) is 3.62. The zero-order chi connectivity index (χ0) is 14.7. The molecule has 0 amide bonds. The Morgan fingerprint density at radius 3 is 2.70 bits per heavy atom. The molecule has 1 heterocycles. The van der Waals surface area contributed by atoms with Gasteiger partial charge in [0, 0.05) is 19.2 Å². The van der Waals surface area contributed by atoms with Gasteiger partial charge in [-0.2, -0.15) is 5.10 Å². The third-order valence-electron chi connectivity index (χ3n) is 3.05. The van der Waals surface area contributed by atoms with E-state index in [0.717, 1.165) is 0 Å². The van der Waals surface area contributed by atoms with Gasteiger partial charge in [-0.15, -0.1) is 0 Å². The van der Waals surface area contributed by atoms with Crippen LogP contribution in [0.5, 0.6) is 0 Å². The number of hydrogen-bond donors (Lipinski definition) is 1. The van der Waals surface area contributed by atoms with Crippen molar-refractivity contribution in [1.82, 2.24) is 19.2 Å². The average Bonchev–Trinajstić information content (AvgIpc) is 2.69. The van der Waals surface area contributed by atoms with Crippen molar-refractivity contribution in [3.05, 3.63) is 46.2 Å². The van der Waals surface area contributed by atoms with Crippen molar-refractivity contribution in [3.8, 4) is 0 Å². The Labute approximate surface area is 121 Å². The summed E-state index contributed by atoms with van der Waals surface area (Å²) < 4.78 is 17.4. The number of aromatic nitrogens is 3. The Bertz CT molecular complexity index is 652. The lowest BCUT2D eigenvalue weighted by Gasteiger charge is -2.16. The van der Waals surface area contributed by atoms with Gasteiger partial charge in [0.1, 0.15) is 12.4 Å². The first-order valence-electron chi connectivity index (χ1n) is 6.18. The van der Waals surface area contributed by atoms with Crippen LogP contribution in [0.25, 0.3) is 0 Å². The molecule has 108 valence electrons. The Kier molecular flexibility index (Phi) is 4.64. The van der Waals surface area contributed by atoms with Crippen molar-refractivity contribution in [2.45, 2.75) is 19.8 Å². The third kappa shape index (κ3) is 3.12. The summed E-state index contributed by atoms with van der Waals surface area (Å²) in [4.78, 5) is 1.91. The number of aliphatic hydroxyl groups excluding tert-OH is 1. The second-order valence-corrected chi connectivity index (χ2v) is 5.03. The first-order valence-corrected chi connectivity index (χ1v) is 6.59. The predicted octanol–water partition coefficient (Wildman–Crippen LogP) is 1.67. The fourth-order valence-electron chi connectivity index (χ4n) is 1.96. The molecule has 20 heavy (non-hydrogen) atoms. The molecule has 5 nitrogen and oxygen atoms in total. The molecule has 0 aliphatic carbocycles. The molecule has 0 unspecified atom stereocenters. The molecule has 1 aromatic heterocycles. The lowest BCUT2D eigenvalue weighted by Crippen LogP contribution is -2.23. The molecule has 0 spiro atoms.